The van der Waals surface area contributed by atoms with E-state index < -0.39 is 0 Å². The fraction of sp³-hybridized carbons (Fsp3) is 0.467. The van der Waals surface area contributed by atoms with Gasteiger partial charge >= 0.3 is 0 Å². The normalized spacial score (nSPS) is 23.4. The topological polar surface area (TPSA) is 37.8 Å². The molecule has 100 valence electrons. The second-order valence-corrected chi connectivity index (χ2v) is 6.28. The monoisotopic (exact) mass is 273 g/mol. The van der Waals surface area contributed by atoms with Crippen LogP contribution < -0.4 is 5.32 Å². The number of fused-ring (bicyclic) bond motifs is 1. The molecule has 0 bridgehead atoms. The van der Waals surface area contributed by atoms with Gasteiger partial charge in [0.2, 0.25) is 0 Å². The molecule has 1 aliphatic rings. The summed E-state index contributed by atoms with van der Waals surface area (Å²) in [5, 5.41) is 15.1. The van der Waals surface area contributed by atoms with Crippen LogP contribution in [-0.4, -0.2) is 27.7 Å². The molecule has 1 saturated carbocycles. The number of hydrogen-bond donors (Lipinski definition) is 1. The van der Waals surface area contributed by atoms with Gasteiger partial charge in [-0.2, -0.15) is 16.9 Å². The van der Waals surface area contributed by atoms with Crippen molar-refractivity contribution in [2.45, 2.75) is 37.0 Å². The number of nitrogens with one attached hydrogen (secondary N) is 1. The Labute approximate surface area is 118 Å². The minimum atomic E-state index is 0.534. The molecule has 0 aliphatic heterocycles. The van der Waals surface area contributed by atoms with Crippen LogP contribution in [0.3, 0.4) is 0 Å². The summed E-state index contributed by atoms with van der Waals surface area (Å²) in [6, 6.07) is 8.83. The predicted molar refractivity (Wildman–Crippen MR) is 82.7 cm³/mol. The SMILES string of the molecule is CSC1CCCC(Nc2nncc3ccccc23)C1. The lowest BCUT2D eigenvalue weighted by Crippen LogP contribution is -2.29. The molecule has 1 heterocycles. The molecule has 4 heteroatoms. The van der Waals surface area contributed by atoms with E-state index in [1.54, 1.807) is 0 Å². The molecule has 0 saturated heterocycles. The van der Waals surface area contributed by atoms with E-state index in [1.807, 2.05) is 24.0 Å². The van der Waals surface area contributed by atoms with E-state index in [1.165, 1.54) is 31.1 Å². The fourth-order valence-electron chi connectivity index (χ4n) is 2.82. The molecule has 2 aromatic rings. The van der Waals surface area contributed by atoms with Crippen molar-refractivity contribution in [3.8, 4) is 0 Å². The maximum Gasteiger partial charge on any atom is 0.156 e. The Morgan fingerprint density at radius 1 is 1.26 bits per heavy atom. The number of benzene rings is 1. The summed E-state index contributed by atoms with van der Waals surface area (Å²) < 4.78 is 0. The summed E-state index contributed by atoms with van der Waals surface area (Å²) >= 11 is 1.99. The maximum absolute atomic E-state index is 4.28. The first-order valence-corrected chi connectivity index (χ1v) is 8.15. The van der Waals surface area contributed by atoms with Crippen molar-refractivity contribution < 1.29 is 0 Å². The van der Waals surface area contributed by atoms with E-state index in [0.29, 0.717) is 6.04 Å². The highest BCUT2D eigenvalue weighted by Crippen LogP contribution is 2.29. The maximum atomic E-state index is 4.28. The number of anilines is 1. The second-order valence-electron chi connectivity index (χ2n) is 5.15. The molecular formula is C15H19N3S. The van der Waals surface area contributed by atoms with E-state index in [9.17, 15) is 0 Å². The van der Waals surface area contributed by atoms with Gasteiger partial charge in [-0.15, -0.1) is 5.10 Å². The van der Waals surface area contributed by atoms with Crippen molar-refractivity contribution in [1.29, 1.82) is 0 Å². The molecule has 2 unspecified atom stereocenters. The first-order valence-electron chi connectivity index (χ1n) is 6.86. The quantitative estimate of drug-likeness (QED) is 0.925. The number of hydrogen-bond acceptors (Lipinski definition) is 4. The average molecular weight is 273 g/mol. The zero-order valence-corrected chi connectivity index (χ0v) is 12.0. The highest BCUT2D eigenvalue weighted by atomic mass is 32.2. The Morgan fingerprint density at radius 2 is 2.16 bits per heavy atom. The zero-order valence-electron chi connectivity index (χ0n) is 11.2. The number of thioether (sulfide) groups is 1. The van der Waals surface area contributed by atoms with Gasteiger partial charge in [-0.05, 0) is 25.5 Å². The molecule has 1 aromatic heterocycles. The third-order valence-electron chi connectivity index (χ3n) is 3.87. The first kappa shape index (κ1) is 12.7. The van der Waals surface area contributed by atoms with Crippen LogP contribution in [0.4, 0.5) is 5.82 Å². The van der Waals surface area contributed by atoms with Crippen LogP contribution in [0.5, 0.6) is 0 Å². The minimum absolute atomic E-state index is 0.534. The zero-order chi connectivity index (χ0) is 13.1. The number of rotatable bonds is 3. The number of nitrogens with zero attached hydrogens (tertiary/aromatic N) is 2. The molecule has 3 rings (SSSR count). The van der Waals surface area contributed by atoms with Gasteiger partial charge in [0.1, 0.15) is 0 Å². The Hall–Kier alpha value is -1.29. The van der Waals surface area contributed by atoms with Crippen molar-refractivity contribution in [3.63, 3.8) is 0 Å². The second kappa shape index (κ2) is 5.78. The highest BCUT2D eigenvalue weighted by Gasteiger charge is 2.21. The smallest absolute Gasteiger partial charge is 0.156 e. The van der Waals surface area contributed by atoms with Crippen molar-refractivity contribution in [3.05, 3.63) is 30.5 Å². The van der Waals surface area contributed by atoms with Crippen LogP contribution in [0, 0.1) is 0 Å². The Morgan fingerprint density at radius 3 is 3.05 bits per heavy atom. The molecule has 2 atom stereocenters. The third kappa shape index (κ3) is 2.84. The van der Waals surface area contributed by atoms with Crippen molar-refractivity contribution in [2.24, 2.45) is 0 Å². The summed E-state index contributed by atoms with van der Waals surface area (Å²) in [6.07, 6.45) is 9.16. The Balaban J connectivity index is 1.81. The van der Waals surface area contributed by atoms with Gasteiger partial charge in [-0.3, -0.25) is 0 Å². The van der Waals surface area contributed by atoms with Crippen LogP contribution in [-0.2, 0) is 0 Å². The van der Waals surface area contributed by atoms with E-state index in [-0.39, 0.29) is 0 Å². The van der Waals surface area contributed by atoms with E-state index >= 15 is 0 Å². The van der Waals surface area contributed by atoms with E-state index in [0.717, 1.165) is 16.5 Å². The molecular weight excluding hydrogens is 254 g/mol. The largest absolute Gasteiger partial charge is 0.365 e. The summed E-state index contributed by atoms with van der Waals surface area (Å²) in [5.74, 6) is 0.935. The predicted octanol–water partition coefficient (Wildman–Crippen LogP) is 3.72. The molecule has 1 aromatic carbocycles. The number of aromatic nitrogens is 2. The van der Waals surface area contributed by atoms with Gasteiger partial charge in [0.05, 0.1) is 6.20 Å². The van der Waals surface area contributed by atoms with Gasteiger partial charge in [0, 0.05) is 22.1 Å². The standard InChI is InChI=1S/C15H19N3S/c1-19-13-7-4-6-12(9-13)17-15-14-8-3-2-5-11(14)10-16-18-15/h2-3,5,8,10,12-13H,4,6-7,9H2,1H3,(H,17,18). The molecule has 0 spiro atoms. The van der Waals surface area contributed by atoms with Crippen LogP contribution in [0.25, 0.3) is 10.8 Å². The lowest BCUT2D eigenvalue weighted by atomic mass is 9.95. The molecule has 1 fully saturated rings. The van der Waals surface area contributed by atoms with Crippen LogP contribution >= 0.6 is 11.8 Å². The summed E-state index contributed by atoms with van der Waals surface area (Å²) in [4.78, 5) is 0. The molecule has 0 amide bonds. The average Bonchev–Trinajstić information content (AvgIpc) is 2.48. The van der Waals surface area contributed by atoms with Gasteiger partial charge in [-0.1, -0.05) is 30.7 Å². The minimum Gasteiger partial charge on any atom is -0.365 e. The van der Waals surface area contributed by atoms with Gasteiger partial charge in [-0.25, -0.2) is 0 Å². The van der Waals surface area contributed by atoms with Gasteiger partial charge in [0.15, 0.2) is 5.82 Å². The molecule has 19 heavy (non-hydrogen) atoms. The fourth-order valence-corrected chi connectivity index (χ4v) is 3.65. The van der Waals surface area contributed by atoms with E-state index in [2.05, 4.69) is 40.0 Å². The van der Waals surface area contributed by atoms with Gasteiger partial charge < -0.3 is 5.32 Å². The molecule has 1 N–H and O–H groups in total. The Kier molecular flexibility index (Phi) is 3.87. The lowest BCUT2D eigenvalue weighted by Gasteiger charge is -2.29. The first-order chi connectivity index (χ1) is 9.36. The van der Waals surface area contributed by atoms with Crippen molar-refractivity contribution >= 4 is 28.4 Å². The summed E-state index contributed by atoms with van der Waals surface area (Å²) in [6.45, 7) is 0. The van der Waals surface area contributed by atoms with Crippen LogP contribution in [0.1, 0.15) is 25.7 Å². The Bertz CT molecular complexity index is 553. The summed E-state index contributed by atoms with van der Waals surface area (Å²) in [5.41, 5.74) is 0. The van der Waals surface area contributed by atoms with Gasteiger partial charge in [0.25, 0.3) is 0 Å². The van der Waals surface area contributed by atoms with Crippen molar-refractivity contribution in [2.75, 3.05) is 11.6 Å². The lowest BCUT2D eigenvalue weighted by molar-refractivity contribution is 0.472. The molecule has 0 radical (unpaired) electrons. The highest BCUT2D eigenvalue weighted by molar-refractivity contribution is 7.99. The van der Waals surface area contributed by atoms with E-state index in [4.69, 9.17) is 0 Å². The van der Waals surface area contributed by atoms with Crippen LogP contribution in [0.15, 0.2) is 30.5 Å². The third-order valence-corrected chi connectivity index (χ3v) is 4.97. The molecule has 1 aliphatic carbocycles. The van der Waals surface area contributed by atoms with Crippen molar-refractivity contribution in [1.82, 2.24) is 10.2 Å². The molecule has 3 nitrogen and oxygen atoms in total. The van der Waals surface area contributed by atoms with Crippen LogP contribution in [0.2, 0.25) is 0 Å². The summed E-state index contributed by atoms with van der Waals surface area (Å²) in [7, 11) is 0.